The Balaban J connectivity index is 3.43. The van der Waals surface area contributed by atoms with Crippen molar-refractivity contribution in [2.45, 2.75) is 25.3 Å². The maximum Gasteiger partial charge on any atom is 0.500 e. The van der Waals surface area contributed by atoms with Crippen LogP contribution in [-0.2, 0) is 22.8 Å². The Morgan fingerprint density at radius 2 is 1.35 bits per heavy atom. The fraction of sp³-hybridized carbons (Fsp3) is 1.00. The quantitative estimate of drug-likeness (QED) is 0.397. The summed E-state index contributed by atoms with van der Waals surface area (Å²) in [5.74, 6) is 0. The molecule has 104 valence electrons. The molecule has 0 saturated carbocycles. The SMILES string of the molecule is COCCOCCCCC[Si](OC)(OC)OC. The van der Waals surface area contributed by atoms with E-state index >= 15 is 0 Å². The molecule has 0 atom stereocenters. The maximum absolute atomic E-state index is 5.38. The van der Waals surface area contributed by atoms with E-state index in [1.807, 2.05) is 0 Å². The number of hydrogen-bond donors (Lipinski definition) is 0. The molecule has 0 aliphatic heterocycles. The molecule has 0 spiro atoms. The first kappa shape index (κ1) is 17.0. The average molecular weight is 266 g/mol. The molecule has 0 fully saturated rings. The van der Waals surface area contributed by atoms with Crippen LogP contribution in [0.5, 0.6) is 0 Å². The Hall–Kier alpha value is 0.0169. The van der Waals surface area contributed by atoms with Crippen LogP contribution in [0.1, 0.15) is 19.3 Å². The predicted octanol–water partition coefficient (Wildman–Crippen LogP) is 1.70. The van der Waals surface area contributed by atoms with E-state index in [1.165, 1.54) is 0 Å². The fourth-order valence-corrected chi connectivity index (χ4v) is 3.32. The summed E-state index contributed by atoms with van der Waals surface area (Å²) >= 11 is 0. The highest BCUT2D eigenvalue weighted by Gasteiger charge is 2.36. The monoisotopic (exact) mass is 266 g/mol. The van der Waals surface area contributed by atoms with Gasteiger partial charge in [0.15, 0.2) is 0 Å². The van der Waals surface area contributed by atoms with Gasteiger partial charge in [0.05, 0.1) is 13.2 Å². The van der Waals surface area contributed by atoms with E-state index in [1.54, 1.807) is 28.4 Å². The van der Waals surface area contributed by atoms with Gasteiger partial charge in [-0.1, -0.05) is 6.42 Å². The summed E-state index contributed by atoms with van der Waals surface area (Å²) in [7, 11) is 4.25. The normalized spacial score (nSPS) is 12.0. The van der Waals surface area contributed by atoms with Crippen molar-refractivity contribution in [2.24, 2.45) is 0 Å². The van der Waals surface area contributed by atoms with E-state index in [0.717, 1.165) is 31.9 Å². The fourth-order valence-electron chi connectivity index (χ4n) is 1.52. The van der Waals surface area contributed by atoms with Crippen molar-refractivity contribution in [1.82, 2.24) is 0 Å². The minimum Gasteiger partial charge on any atom is -0.382 e. The van der Waals surface area contributed by atoms with E-state index in [0.29, 0.717) is 13.2 Å². The summed E-state index contributed by atoms with van der Waals surface area (Å²) in [6, 6.07) is 0.856. The van der Waals surface area contributed by atoms with Crippen LogP contribution in [0.2, 0.25) is 6.04 Å². The molecular weight excluding hydrogens is 240 g/mol. The minimum atomic E-state index is -2.36. The van der Waals surface area contributed by atoms with Crippen molar-refractivity contribution in [3.8, 4) is 0 Å². The van der Waals surface area contributed by atoms with Crippen molar-refractivity contribution >= 4 is 8.80 Å². The zero-order chi connectivity index (χ0) is 13.0. The molecule has 0 heterocycles. The van der Waals surface area contributed by atoms with Gasteiger partial charge in [0.1, 0.15) is 0 Å². The van der Waals surface area contributed by atoms with Crippen molar-refractivity contribution in [3.05, 3.63) is 0 Å². The Labute approximate surface area is 106 Å². The molecule has 0 radical (unpaired) electrons. The molecule has 0 aromatic rings. The van der Waals surface area contributed by atoms with E-state index in [4.69, 9.17) is 22.8 Å². The molecule has 0 saturated heterocycles. The van der Waals surface area contributed by atoms with Gasteiger partial charge in [-0.2, -0.15) is 0 Å². The van der Waals surface area contributed by atoms with Crippen LogP contribution in [0.4, 0.5) is 0 Å². The highest BCUT2D eigenvalue weighted by molar-refractivity contribution is 6.60. The largest absolute Gasteiger partial charge is 0.500 e. The maximum atomic E-state index is 5.38. The van der Waals surface area contributed by atoms with Gasteiger partial charge in [-0.05, 0) is 12.8 Å². The molecule has 0 aromatic carbocycles. The van der Waals surface area contributed by atoms with Crippen LogP contribution in [0.25, 0.3) is 0 Å². The third kappa shape index (κ3) is 7.85. The first-order valence-corrected chi connectivity index (χ1v) is 7.90. The molecule has 0 bridgehead atoms. The molecule has 6 heteroatoms. The van der Waals surface area contributed by atoms with Crippen molar-refractivity contribution < 1.29 is 22.8 Å². The number of unbranched alkanes of at least 4 members (excludes halogenated alkanes) is 2. The van der Waals surface area contributed by atoms with E-state index in [9.17, 15) is 0 Å². The third-order valence-electron chi connectivity index (χ3n) is 2.64. The lowest BCUT2D eigenvalue weighted by Gasteiger charge is -2.24. The summed E-state index contributed by atoms with van der Waals surface area (Å²) < 4.78 is 26.3. The van der Waals surface area contributed by atoms with Gasteiger partial charge in [0.2, 0.25) is 0 Å². The zero-order valence-corrected chi connectivity index (χ0v) is 12.5. The Bertz CT molecular complexity index is 156. The van der Waals surface area contributed by atoms with Gasteiger partial charge in [-0.3, -0.25) is 0 Å². The first-order chi connectivity index (χ1) is 8.24. The van der Waals surface area contributed by atoms with Crippen LogP contribution >= 0.6 is 0 Å². The highest BCUT2D eigenvalue weighted by atomic mass is 28.4. The molecule has 0 unspecified atom stereocenters. The van der Waals surface area contributed by atoms with E-state index < -0.39 is 8.80 Å². The summed E-state index contributed by atoms with van der Waals surface area (Å²) in [5.41, 5.74) is 0. The van der Waals surface area contributed by atoms with Gasteiger partial charge in [0, 0.05) is 41.1 Å². The van der Waals surface area contributed by atoms with Crippen molar-refractivity contribution in [3.63, 3.8) is 0 Å². The molecule has 0 rings (SSSR count). The third-order valence-corrected chi connectivity index (χ3v) is 5.47. The number of ether oxygens (including phenoxy) is 2. The lowest BCUT2D eigenvalue weighted by atomic mass is 10.3. The van der Waals surface area contributed by atoms with E-state index in [-0.39, 0.29) is 0 Å². The molecule has 0 aliphatic rings. The standard InChI is InChI=1S/C11H26O5Si/c1-12-9-10-16-8-6-5-7-11-17(13-2,14-3)15-4/h5-11H2,1-4H3. The molecule has 0 aromatic heterocycles. The second-order valence-corrected chi connectivity index (χ2v) is 6.80. The van der Waals surface area contributed by atoms with Gasteiger partial charge >= 0.3 is 8.80 Å². The first-order valence-electron chi connectivity index (χ1n) is 5.96. The number of rotatable bonds is 12. The predicted molar refractivity (Wildman–Crippen MR) is 68.1 cm³/mol. The minimum absolute atomic E-state index is 0.660. The van der Waals surface area contributed by atoms with Crippen molar-refractivity contribution in [1.29, 1.82) is 0 Å². The van der Waals surface area contributed by atoms with Crippen LogP contribution in [0, 0.1) is 0 Å². The van der Waals surface area contributed by atoms with Crippen LogP contribution in [-0.4, -0.2) is 57.1 Å². The molecular formula is C11H26O5Si. The van der Waals surface area contributed by atoms with Gasteiger partial charge in [0.25, 0.3) is 0 Å². The lowest BCUT2D eigenvalue weighted by Crippen LogP contribution is -2.42. The summed E-state index contributed by atoms with van der Waals surface area (Å²) in [4.78, 5) is 0. The summed E-state index contributed by atoms with van der Waals surface area (Å²) in [5, 5.41) is 0. The second kappa shape index (κ2) is 11.1. The molecule has 0 amide bonds. The summed E-state index contributed by atoms with van der Waals surface area (Å²) in [6.45, 7) is 2.11. The Morgan fingerprint density at radius 1 is 0.706 bits per heavy atom. The smallest absolute Gasteiger partial charge is 0.382 e. The molecule has 5 nitrogen and oxygen atoms in total. The lowest BCUT2D eigenvalue weighted by molar-refractivity contribution is 0.0684. The van der Waals surface area contributed by atoms with Gasteiger partial charge in [-0.15, -0.1) is 0 Å². The number of methoxy groups -OCH3 is 1. The molecule has 0 N–H and O–H groups in total. The Kier molecular flexibility index (Phi) is 11.1. The molecule has 17 heavy (non-hydrogen) atoms. The van der Waals surface area contributed by atoms with Gasteiger partial charge < -0.3 is 22.8 Å². The van der Waals surface area contributed by atoms with E-state index in [2.05, 4.69) is 0 Å². The van der Waals surface area contributed by atoms with Crippen LogP contribution in [0.15, 0.2) is 0 Å². The number of hydrogen-bond acceptors (Lipinski definition) is 5. The highest BCUT2D eigenvalue weighted by Crippen LogP contribution is 2.16. The average Bonchev–Trinajstić information content (AvgIpc) is 2.38. The van der Waals surface area contributed by atoms with Crippen LogP contribution in [0.3, 0.4) is 0 Å². The zero-order valence-electron chi connectivity index (χ0n) is 11.5. The van der Waals surface area contributed by atoms with Crippen LogP contribution < -0.4 is 0 Å². The van der Waals surface area contributed by atoms with Gasteiger partial charge in [-0.25, -0.2) is 0 Å². The Morgan fingerprint density at radius 3 is 1.88 bits per heavy atom. The summed E-state index contributed by atoms with van der Waals surface area (Å²) in [6.07, 6.45) is 3.18. The molecule has 0 aliphatic carbocycles. The topological polar surface area (TPSA) is 46.2 Å². The second-order valence-electron chi connectivity index (χ2n) is 3.71. The van der Waals surface area contributed by atoms with Crippen molar-refractivity contribution in [2.75, 3.05) is 48.3 Å².